The number of hydrogen-bond acceptors (Lipinski definition) is 3. The molecule has 0 unspecified atom stereocenters. The highest BCUT2D eigenvalue weighted by Gasteiger charge is 2.18. The normalized spacial score (nSPS) is 10.8. The number of thiophene rings is 1. The third kappa shape index (κ3) is 3.98. The van der Waals surface area contributed by atoms with Crippen molar-refractivity contribution in [3.05, 3.63) is 94.2 Å². The number of benzene rings is 2. The maximum atomic E-state index is 13.0. The van der Waals surface area contributed by atoms with Crippen molar-refractivity contribution in [2.75, 3.05) is 0 Å². The Balaban J connectivity index is 1.64. The largest absolute Gasteiger partial charge is 0.347 e. The van der Waals surface area contributed by atoms with Gasteiger partial charge in [0.15, 0.2) is 0 Å². The highest BCUT2D eigenvalue weighted by Crippen LogP contribution is 2.26. The molecule has 0 atom stereocenters. The quantitative estimate of drug-likeness (QED) is 0.483. The van der Waals surface area contributed by atoms with Gasteiger partial charge in [-0.05, 0) is 59.5 Å². The van der Waals surface area contributed by atoms with Crippen molar-refractivity contribution in [2.24, 2.45) is 0 Å². The molecule has 1 amide bonds. The summed E-state index contributed by atoms with van der Waals surface area (Å²) < 4.78 is 14.7. The molecule has 0 aliphatic heterocycles. The van der Waals surface area contributed by atoms with Gasteiger partial charge in [0.25, 0.3) is 5.91 Å². The molecule has 2 aromatic carbocycles. The first-order valence-corrected chi connectivity index (χ1v) is 9.78. The number of nitrogens with one attached hydrogen (secondary N) is 1. The van der Waals surface area contributed by atoms with Crippen LogP contribution in [-0.2, 0) is 6.54 Å². The first-order chi connectivity index (χ1) is 13.6. The van der Waals surface area contributed by atoms with Crippen molar-refractivity contribution < 1.29 is 9.18 Å². The maximum absolute atomic E-state index is 13.0. The minimum Gasteiger partial charge on any atom is -0.347 e. The van der Waals surface area contributed by atoms with Gasteiger partial charge < -0.3 is 5.32 Å². The van der Waals surface area contributed by atoms with E-state index in [9.17, 15) is 9.18 Å². The number of nitrogens with zero attached hydrogens (tertiary/aromatic N) is 2. The molecular formula is C21H15ClFN3OS. The topological polar surface area (TPSA) is 46.9 Å². The van der Waals surface area contributed by atoms with Gasteiger partial charge in [-0.2, -0.15) is 5.10 Å². The van der Waals surface area contributed by atoms with Gasteiger partial charge in [0.2, 0.25) is 0 Å². The molecule has 0 bridgehead atoms. The molecule has 0 spiro atoms. The van der Waals surface area contributed by atoms with Gasteiger partial charge in [0.1, 0.15) is 17.2 Å². The van der Waals surface area contributed by atoms with Crippen molar-refractivity contribution >= 4 is 28.8 Å². The highest BCUT2D eigenvalue weighted by atomic mass is 35.5. The Morgan fingerprint density at radius 2 is 1.86 bits per heavy atom. The van der Waals surface area contributed by atoms with Crippen molar-refractivity contribution in [1.29, 1.82) is 0 Å². The van der Waals surface area contributed by atoms with E-state index in [0.29, 0.717) is 17.3 Å². The van der Waals surface area contributed by atoms with Gasteiger partial charge in [0, 0.05) is 11.6 Å². The molecule has 4 rings (SSSR count). The standard InChI is InChI=1S/C21H15ClFN3OS/c22-15-5-9-17(10-6-15)26-19(12-18(25-26)20-2-1-11-28-20)21(27)24-13-14-3-7-16(23)8-4-14/h1-12H,13H2,(H,24,27). The number of rotatable bonds is 5. The van der Waals surface area contributed by atoms with Crippen LogP contribution in [0.1, 0.15) is 16.1 Å². The number of hydrogen-bond donors (Lipinski definition) is 1. The van der Waals surface area contributed by atoms with E-state index < -0.39 is 0 Å². The highest BCUT2D eigenvalue weighted by molar-refractivity contribution is 7.13. The summed E-state index contributed by atoms with van der Waals surface area (Å²) >= 11 is 7.54. The maximum Gasteiger partial charge on any atom is 0.270 e. The number of carbonyl (C=O) groups is 1. The molecule has 0 aliphatic carbocycles. The Bertz CT molecular complexity index is 1090. The molecular weight excluding hydrogens is 397 g/mol. The molecule has 0 fully saturated rings. The van der Waals surface area contributed by atoms with E-state index in [1.165, 1.54) is 12.1 Å². The summed E-state index contributed by atoms with van der Waals surface area (Å²) in [4.78, 5) is 13.8. The Hall–Kier alpha value is -2.96. The average Bonchev–Trinajstić information content (AvgIpc) is 3.38. The lowest BCUT2D eigenvalue weighted by atomic mass is 10.2. The molecule has 2 aromatic heterocycles. The van der Waals surface area contributed by atoms with Crippen LogP contribution < -0.4 is 5.32 Å². The lowest BCUT2D eigenvalue weighted by Crippen LogP contribution is -2.25. The summed E-state index contributed by atoms with van der Waals surface area (Å²) in [5.74, 6) is -0.578. The molecule has 7 heteroatoms. The predicted molar refractivity (Wildman–Crippen MR) is 109 cm³/mol. The van der Waals surface area contributed by atoms with E-state index in [2.05, 4.69) is 10.4 Å². The number of aromatic nitrogens is 2. The average molecular weight is 412 g/mol. The Morgan fingerprint density at radius 3 is 2.54 bits per heavy atom. The van der Waals surface area contributed by atoms with E-state index in [4.69, 9.17) is 11.6 Å². The zero-order valence-electron chi connectivity index (χ0n) is 14.6. The van der Waals surface area contributed by atoms with Gasteiger partial charge in [-0.3, -0.25) is 4.79 Å². The molecule has 0 saturated heterocycles. The predicted octanol–water partition coefficient (Wildman–Crippen LogP) is 5.32. The molecule has 4 nitrogen and oxygen atoms in total. The van der Waals surface area contributed by atoms with Crippen LogP contribution in [0.2, 0.25) is 5.02 Å². The van der Waals surface area contributed by atoms with Gasteiger partial charge in [-0.1, -0.05) is 29.8 Å². The first-order valence-electron chi connectivity index (χ1n) is 8.53. The third-order valence-electron chi connectivity index (χ3n) is 4.15. The molecule has 4 aromatic rings. The SMILES string of the molecule is O=C(NCc1ccc(F)cc1)c1cc(-c2cccs2)nn1-c1ccc(Cl)cc1. The van der Waals surface area contributed by atoms with E-state index >= 15 is 0 Å². The van der Waals surface area contributed by atoms with Crippen LogP contribution in [0.25, 0.3) is 16.3 Å². The van der Waals surface area contributed by atoms with Crippen molar-refractivity contribution in [3.63, 3.8) is 0 Å². The molecule has 1 N–H and O–H groups in total. The summed E-state index contributed by atoms with van der Waals surface area (Å²) in [5, 5.41) is 10.1. The van der Waals surface area contributed by atoms with Crippen LogP contribution in [0.4, 0.5) is 4.39 Å². The Kier molecular flexibility index (Phi) is 5.23. The fourth-order valence-corrected chi connectivity index (χ4v) is 3.55. The number of amides is 1. The minimum atomic E-state index is -0.309. The zero-order chi connectivity index (χ0) is 19.5. The van der Waals surface area contributed by atoms with Crippen molar-refractivity contribution in [1.82, 2.24) is 15.1 Å². The summed E-state index contributed by atoms with van der Waals surface area (Å²) in [6.45, 7) is 0.291. The van der Waals surface area contributed by atoms with E-state index in [1.807, 2.05) is 29.6 Å². The Labute approximate surface area is 170 Å². The van der Waals surface area contributed by atoms with Gasteiger partial charge in [-0.25, -0.2) is 9.07 Å². The lowest BCUT2D eigenvalue weighted by molar-refractivity contribution is 0.0943. The second-order valence-electron chi connectivity index (χ2n) is 6.09. The summed E-state index contributed by atoms with van der Waals surface area (Å²) in [6, 6.07) is 18.8. The van der Waals surface area contributed by atoms with Crippen molar-refractivity contribution in [3.8, 4) is 16.3 Å². The fourth-order valence-electron chi connectivity index (χ4n) is 2.74. The lowest BCUT2D eigenvalue weighted by Gasteiger charge is -2.08. The molecule has 2 heterocycles. The van der Waals surface area contributed by atoms with Crippen LogP contribution in [0, 0.1) is 5.82 Å². The Morgan fingerprint density at radius 1 is 1.11 bits per heavy atom. The summed E-state index contributed by atoms with van der Waals surface area (Å²) in [5.41, 5.74) is 2.68. The molecule has 28 heavy (non-hydrogen) atoms. The second-order valence-corrected chi connectivity index (χ2v) is 7.47. The van der Waals surface area contributed by atoms with Gasteiger partial charge >= 0.3 is 0 Å². The summed E-state index contributed by atoms with van der Waals surface area (Å²) in [6.07, 6.45) is 0. The smallest absolute Gasteiger partial charge is 0.270 e. The third-order valence-corrected chi connectivity index (χ3v) is 5.30. The van der Waals surface area contributed by atoms with E-state index in [-0.39, 0.29) is 11.7 Å². The van der Waals surface area contributed by atoms with Crippen LogP contribution in [0.15, 0.2) is 72.1 Å². The van der Waals surface area contributed by atoms with E-state index in [1.54, 1.807) is 46.4 Å². The van der Waals surface area contributed by atoms with Crippen LogP contribution in [0.5, 0.6) is 0 Å². The number of halogens is 2. The first kappa shape index (κ1) is 18.4. The fraction of sp³-hybridized carbons (Fsp3) is 0.0476. The molecule has 0 saturated carbocycles. The molecule has 140 valence electrons. The summed E-state index contributed by atoms with van der Waals surface area (Å²) in [7, 11) is 0. The molecule has 0 aliphatic rings. The van der Waals surface area contributed by atoms with Crippen LogP contribution >= 0.6 is 22.9 Å². The second kappa shape index (κ2) is 7.96. The molecule has 0 radical (unpaired) electrons. The number of carbonyl (C=O) groups excluding carboxylic acids is 1. The van der Waals surface area contributed by atoms with Gasteiger partial charge in [0.05, 0.1) is 10.6 Å². The monoisotopic (exact) mass is 411 g/mol. The van der Waals surface area contributed by atoms with Gasteiger partial charge in [-0.15, -0.1) is 11.3 Å². The minimum absolute atomic E-state index is 0.269. The van der Waals surface area contributed by atoms with Crippen molar-refractivity contribution in [2.45, 2.75) is 6.54 Å². The van der Waals surface area contributed by atoms with E-state index in [0.717, 1.165) is 21.8 Å². The zero-order valence-corrected chi connectivity index (χ0v) is 16.2. The van der Waals surface area contributed by atoms with Crippen LogP contribution in [0.3, 0.4) is 0 Å². The van der Waals surface area contributed by atoms with Crippen LogP contribution in [-0.4, -0.2) is 15.7 Å².